The van der Waals surface area contributed by atoms with Crippen LogP contribution in [0.1, 0.15) is 74.5 Å². The Bertz CT molecular complexity index is 1140. The summed E-state index contributed by atoms with van der Waals surface area (Å²) in [4.78, 5) is 5.71. The molecule has 164 valence electrons. The van der Waals surface area contributed by atoms with Crippen LogP contribution >= 0.6 is 11.3 Å². The second-order valence-corrected chi connectivity index (χ2v) is 9.22. The van der Waals surface area contributed by atoms with Crippen LogP contribution in [0.5, 0.6) is 0 Å². The summed E-state index contributed by atoms with van der Waals surface area (Å²) in [5.74, 6) is 0.710. The summed E-state index contributed by atoms with van der Waals surface area (Å²) in [6, 6.07) is 18.7. The van der Waals surface area contributed by atoms with Crippen LogP contribution < -0.4 is 4.80 Å². The van der Waals surface area contributed by atoms with E-state index in [1.807, 2.05) is 35.2 Å². The third-order valence-electron chi connectivity index (χ3n) is 6.09. The van der Waals surface area contributed by atoms with Gasteiger partial charge in [0.1, 0.15) is 0 Å². The van der Waals surface area contributed by atoms with E-state index in [-0.39, 0.29) is 0 Å². The van der Waals surface area contributed by atoms with E-state index in [4.69, 9.17) is 15.4 Å². The van der Waals surface area contributed by atoms with Gasteiger partial charge in [-0.25, -0.2) is 4.68 Å². The van der Waals surface area contributed by atoms with Gasteiger partial charge in [0, 0.05) is 17.5 Å². The van der Waals surface area contributed by atoms with E-state index in [9.17, 15) is 0 Å². The minimum absolute atomic E-state index is 0.652. The van der Waals surface area contributed by atoms with Crippen molar-refractivity contribution in [1.29, 1.82) is 5.26 Å². The lowest BCUT2D eigenvalue weighted by molar-refractivity contribution is 0.443. The minimum atomic E-state index is 0.652. The molecule has 0 atom stereocenters. The number of aromatic nitrogens is 1. The molecule has 2 aromatic carbocycles. The van der Waals surface area contributed by atoms with E-state index in [0.717, 1.165) is 41.0 Å². The number of rotatable bonds is 7. The fourth-order valence-electron chi connectivity index (χ4n) is 4.18. The molecule has 1 heterocycles. The highest BCUT2D eigenvalue weighted by Gasteiger charge is 2.16. The lowest BCUT2D eigenvalue weighted by Crippen LogP contribution is -2.13. The number of thiazole rings is 1. The Morgan fingerprint density at radius 3 is 2.50 bits per heavy atom. The first-order valence-electron chi connectivity index (χ1n) is 11.6. The Balaban J connectivity index is 1.64. The predicted octanol–water partition coefficient (Wildman–Crippen LogP) is 6.72. The highest BCUT2D eigenvalue weighted by atomic mass is 32.1. The smallest absolute Gasteiger partial charge is 0.206 e. The maximum Gasteiger partial charge on any atom is 0.206 e. The number of hydrogen-bond donors (Lipinski definition) is 0. The van der Waals surface area contributed by atoms with Gasteiger partial charge in [-0.15, -0.1) is 11.3 Å². The van der Waals surface area contributed by atoms with Crippen LogP contribution in [0.3, 0.4) is 0 Å². The molecule has 1 saturated carbocycles. The molecule has 1 aliphatic rings. The second kappa shape index (κ2) is 11.1. The van der Waals surface area contributed by atoms with Crippen LogP contribution in [0.15, 0.2) is 64.0 Å². The Morgan fingerprint density at radius 1 is 1.06 bits per heavy atom. The molecule has 1 aliphatic carbocycles. The van der Waals surface area contributed by atoms with E-state index < -0.39 is 0 Å². The molecule has 3 aromatic rings. The zero-order chi connectivity index (χ0) is 22.2. The molecule has 1 fully saturated rings. The van der Waals surface area contributed by atoms with Gasteiger partial charge in [0.05, 0.1) is 23.5 Å². The van der Waals surface area contributed by atoms with Gasteiger partial charge in [0.2, 0.25) is 4.80 Å². The predicted molar refractivity (Wildman–Crippen MR) is 133 cm³/mol. The first kappa shape index (κ1) is 22.2. The maximum atomic E-state index is 9.01. The van der Waals surface area contributed by atoms with E-state index in [1.165, 1.54) is 37.7 Å². The van der Waals surface area contributed by atoms with Crippen molar-refractivity contribution in [3.05, 3.63) is 75.4 Å². The van der Waals surface area contributed by atoms with Crippen LogP contribution in [0.25, 0.3) is 11.3 Å². The van der Waals surface area contributed by atoms with E-state index in [0.29, 0.717) is 11.5 Å². The monoisotopic (exact) mass is 442 g/mol. The summed E-state index contributed by atoms with van der Waals surface area (Å²) in [6.07, 6.45) is 10.7. The molecular formula is C27H30N4S. The molecule has 0 aliphatic heterocycles. The van der Waals surface area contributed by atoms with E-state index >= 15 is 0 Å². The van der Waals surface area contributed by atoms with Gasteiger partial charge in [-0.1, -0.05) is 69.0 Å². The Hall–Kier alpha value is -2.97. The summed E-state index contributed by atoms with van der Waals surface area (Å²) in [5.41, 5.74) is 5.30. The fourth-order valence-corrected chi connectivity index (χ4v) is 5.04. The van der Waals surface area contributed by atoms with Crippen molar-refractivity contribution >= 4 is 17.6 Å². The third-order valence-corrected chi connectivity index (χ3v) is 6.94. The SMILES string of the molecule is CCCCN=c1scc(-c2ccc(C3CCCCC3)cc2)n1/N=C/c1ccc(C#N)cc1. The Kier molecular flexibility index (Phi) is 7.68. The quantitative estimate of drug-likeness (QED) is 0.296. The van der Waals surface area contributed by atoms with Crippen molar-refractivity contribution in [2.75, 3.05) is 6.54 Å². The maximum absolute atomic E-state index is 9.01. The number of benzene rings is 2. The van der Waals surface area contributed by atoms with Gasteiger partial charge in [-0.05, 0) is 48.4 Å². The lowest BCUT2D eigenvalue weighted by Gasteiger charge is -2.22. The average Bonchev–Trinajstić information content (AvgIpc) is 3.26. The van der Waals surface area contributed by atoms with Gasteiger partial charge in [-0.3, -0.25) is 4.99 Å². The molecular weight excluding hydrogens is 412 g/mol. The summed E-state index contributed by atoms with van der Waals surface area (Å²) in [5, 5.41) is 15.9. The summed E-state index contributed by atoms with van der Waals surface area (Å²) in [6.45, 7) is 2.99. The highest BCUT2D eigenvalue weighted by Crippen LogP contribution is 2.33. The summed E-state index contributed by atoms with van der Waals surface area (Å²) < 4.78 is 1.95. The van der Waals surface area contributed by atoms with Gasteiger partial charge in [0.25, 0.3) is 0 Å². The molecule has 0 spiro atoms. The minimum Gasteiger partial charge on any atom is -0.257 e. The van der Waals surface area contributed by atoms with Crippen molar-refractivity contribution in [1.82, 2.24) is 4.68 Å². The molecule has 0 saturated heterocycles. The van der Waals surface area contributed by atoms with Crippen LogP contribution in [0, 0.1) is 11.3 Å². The van der Waals surface area contributed by atoms with Gasteiger partial charge >= 0.3 is 0 Å². The van der Waals surface area contributed by atoms with Crippen molar-refractivity contribution in [3.63, 3.8) is 0 Å². The molecule has 4 nitrogen and oxygen atoms in total. The topological polar surface area (TPSA) is 53.4 Å². The van der Waals surface area contributed by atoms with Crippen LogP contribution in [0.4, 0.5) is 0 Å². The van der Waals surface area contributed by atoms with Gasteiger partial charge in [0.15, 0.2) is 0 Å². The van der Waals surface area contributed by atoms with E-state index in [2.05, 4.69) is 42.6 Å². The molecule has 5 heteroatoms. The van der Waals surface area contributed by atoms with Crippen LogP contribution in [-0.2, 0) is 0 Å². The van der Waals surface area contributed by atoms with Crippen molar-refractivity contribution < 1.29 is 0 Å². The molecule has 0 bridgehead atoms. The van der Waals surface area contributed by atoms with Crippen molar-refractivity contribution in [2.45, 2.75) is 57.8 Å². The number of nitriles is 1. The zero-order valence-corrected chi connectivity index (χ0v) is 19.5. The first-order chi connectivity index (χ1) is 15.8. The molecule has 1 aromatic heterocycles. The zero-order valence-electron chi connectivity index (χ0n) is 18.7. The van der Waals surface area contributed by atoms with Gasteiger partial charge in [-0.2, -0.15) is 10.4 Å². The normalized spacial score (nSPS) is 15.3. The van der Waals surface area contributed by atoms with Gasteiger partial charge < -0.3 is 0 Å². The largest absolute Gasteiger partial charge is 0.257 e. The standard InChI is InChI=1S/C27H30N4S/c1-2-3-17-29-27-31(30-19-22-11-9-21(18-28)10-12-22)26(20-32-27)25-15-13-24(14-16-25)23-7-5-4-6-8-23/h9-16,19-20,23H,2-8,17H2,1H3/b29-27?,30-19+. The molecule has 0 radical (unpaired) electrons. The highest BCUT2D eigenvalue weighted by molar-refractivity contribution is 7.07. The number of hydrogen-bond acceptors (Lipinski definition) is 4. The van der Waals surface area contributed by atoms with Crippen molar-refractivity contribution in [3.8, 4) is 17.3 Å². The first-order valence-corrected chi connectivity index (χ1v) is 12.5. The summed E-state index contributed by atoms with van der Waals surface area (Å²) >= 11 is 1.63. The molecule has 0 N–H and O–H groups in total. The molecule has 0 amide bonds. The fraction of sp³-hybridized carbons (Fsp3) is 0.370. The van der Waals surface area contributed by atoms with Crippen molar-refractivity contribution in [2.24, 2.45) is 10.1 Å². The molecule has 32 heavy (non-hydrogen) atoms. The Labute approximate surface area is 194 Å². The molecule has 4 rings (SSSR count). The number of unbranched alkanes of at least 4 members (excludes halogenated alkanes) is 1. The lowest BCUT2D eigenvalue weighted by atomic mass is 9.84. The number of nitrogens with zero attached hydrogens (tertiary/aromatic N) is 4. The second-order valence-electron chi connectivity index (χ2n) is 8.39. The average molecular weight is 443 g/mol. The van der Waals surface area contributed by atoms with Crippen LogP contribution in [-0.4, -0.2) is 17.4 Å². The van der Waals surface area contributed by atoms with E-state index in [1.54, 1.807) is 11.3 Å². The Morgan fingerprint density at radius 2 is 1.81 bits per heavy atom. The van der Waals surface area contributed by atoms with Crippen LogP contribution in [0.2, 0.25) is 0 Å². The molecule has 0 unspecified atom stereocenters. The third kappa shape index (κ3) is 5.44. The summed E-state index contributed by atoms with van der Waals surface area (Å²) in [7, 11) is 0.